The number of allylic oxidation sites excluding steroid dienone is 2. The van der Waals surface area contributed by atoms with Gasteiger partial charge in [-0.25, -0.2) is 4.99 Å². The molecule has 0 aromatic heterocycles. The van der Waals surface area contributed by atoms with Crippen molar-refractivity contribution < 1.29 is 56.4 Å². The summed E-state index contributed by atoms with van der Waals surface area (Å²) in [4.78, 5) is 94.6. The molecule has 4 atom stereocenters. The van der Waals surface area contributed by atoms with Crippen molar-refractivity contribution in [2.24, 2.45) is 21.7 Å². The minimum atomic E-state index is -4.47. The number of carboxylic acids is 1. The van der Waals surface area contributed by atoms with E-state index in [9.17, 15) is 51.6 Å². The lowest BCUT2D eigenvalue weighted by Crippen LogP contribution is -2.59. The highest BCUT2D eigenvalue weighted by atomic mass is 32.2. The molecule has 0 spiro atoms. The second-order valence-electron chi connectivity index (χ2n) is 15.3. The Balaban J connectivity index is 1.64. The fourth-order valence-electron chi connectivity index (χ4n) is 6.17. The molecule has 23 heteroatoms. The van der Waals surface area contributed by atoms with E-state index in [1.165, 1.54) is 36.6 Å². The predicted octanol–water partition coefficient (Wildman–Crippen LogP) is -0.198. The zero-order valence-corrected chi connectivity index (χ0v) is 37.7. The van der Waals surface area contributed by atoms with E-state index in [4.69, 9.17) is 10.5 Å². The quantitative estimate of drug-likeness (QED) is 0.0194. The number of benzene rings is 2. The van der Waals surface area contributed by atoms with Crippen LogP contribution in [0.2, 0.25) is 0 Å². The Morgan fingerprint density at radius 1 is 0.909 bits per heavy atom. The van der Waals surface area contributed by atoms with Crippen LogP contribution in [0.4, 0.5) is 0 Å². The lowest BCUT2D eigenvalue weighted by atomic mass is 9.99. The number of amides is 6. The standard InChI is InChI=1S/C43H58N10O12S/c1-26(2)38-43(61)50-31(11-7-8-19-44)40(58)47-25-36(54)49-33(23-37(55)56)41(59)51-32(42(60)52-38)22-28-14-16-30(17-15-28)65-21-9-20-46-39(57)27(3)13-18-35(45-4)53-48-24-29-10-5-6-12-34(29)66(62,63)64/h5-6,10,12-18,24,26,31-33,38,53H,4,7-9,11,19-23,25,44H2,1-3H3,(H,46,57)(H,47,58)(H,49,54)(H,50,61)(H,51,59)(H,52,60)(H,55,56)(H,62,63,64)/b27-13+,35-18+,48-24+/t31-,32+,33-,38-/m0/s1. The van der Waals surface area contributed by atoms with Crippen LogP contribution >= 0.6 is 0 Å². The number of hydrogen-bond acceptors (Lipinski definition) is 14. The van der Waals surface area contributed by atoms with Gasteiger partial charge in [-0.15, -0.1) is 0 Å². The van der Waals surface area contributed by atoms with Gasteiger partial charge in [0.15, 0.2) is 0 Å². The first-order valence-corrected chi connectivity index (χ1v) is 22.4. The van der Waals surface area contributed by atoms with Crippen molar-refractivity contribution in [2.45, 2.75) is 88.4 Å². The van der Waals surface area contributed by atoms with Crippen LogP contribution in [0.1, 0.15) is 64.0 Å². The van der Waals surface area contributed by atoms with E-state index >= 15 is 0 Å². The van der Waals surface area contributed by atoms with Crippen LogP contribution in [0.5, 0.6) is 5.75 Å². The summed E-state index contributed by atoms with van der Waals surface area (Å²) in [5.41, 5.74) is 9.18. The van der Waals surface area contributed by atoms with Crippen molar-refractivity contribution in [3.63, 3.8) is 0 Å². The van der Waals surface area contributed by atoms with Crippen molar-refractivity contribution in [1.29, 1.82) is 0 Å². The molecule has 0 unspecified atom stereocenters. The maximum Gasteiger partial charge on any atom is 0.305 e. The molecule has 2 aromatic rings. The van der Waals surface area contributed by atoms with Gasteiger partial charge in [0.25, 0.3) is 10.1 Å². The third-order valence-corrected chi connectivity index (χ3v) is 10.7. The molecule has 1 heterocycles. The number of nitrogens with zero attached hydrogens (tertiary/aromatic N) is 2. The van der Waals surface area contributed by atoms with Crippen LogP contribution in [0.15, 0.2) is 87.1 Å². The SMILES string of the molecule is C=N/C(=C\C=C(/C)C(=O)NCCCOc1ccc(C[C@H]2NC(=O)[C@H](CC(=O)O)NC(=O)CNC(=O)[C@H](CCCCN)NC(=O)[C@H](C(C)C)NC2=O)cc1)N/N=C/c1ccccc1S(=O)(=O)O. The first-order chi connectivity index (χ1) is 31.3. The number of carboxylic acid groups (broad SMARTS) is 1. The second-order valence-corrected chi connectivity index (χ2v) is 16.7. The summed E-state index contributed by atoms with van der Waals surface area (Å²) in [5.74, 6) is -5.64. The average Bonchev–Trinajstić information content (AvgIpc) is 3.27. The van der Waals surface area contributed by atoms with E-state index in [2.05, 4.69) is 54.1 Å². The number of carbonyl (C=O) groups is 7. The van der Waals surface area contributed by atoms with Gasteiger partial charge in [-0.05, 0) is 81.6 Å². The number of nitrogens with two attached hydrogens (primary N) is 1. The Morgan fingerprint density at radius 3 is 2.24 bits per heavy atom. The highest BCUT2D eigenvalue weighted by Crippen LogP contribution is 2.16. The molecule has 11 N–H and O–H groups in total. The monoisotopic (exact) mass is 938 g/mol. The molecule has 0 aliphatic carbocycles. The fourth-order valence-corrected chi connectivity index (χ4v) is 6.84. The number of unbranched alkanes of at least 4 members (excludes halogenated alkanes) is 1. The molecule has 22 nitrogen and oxygen atoms in total. The average molecular weight is 939 g/mol. The van der Waals surface area contributed by atoms with Gasteiger partial charge in [0.2, 0.25) is 35.4 Å². The smallest absolute Gasteiger partial charge is 0.305 e. The van der Waals surface area contributed by atoms with E-state index < -0.39 is 88.7 Å². The Bertz CT molecular complexity index is 2270. The largest absolute Gasteiger partial charge is 0.494 e. The van der Waals surface area contributed by atoms with Gasteiger partial charge in [-0.1, -0.05) is 50.3 Å². The molecule has 0 radical (unpaired) electrons. The van der Waals surface area contributed by atoms with Crippen LogP contribution in [-0.4, -0.2) is 123 Å². The predicted molar refractivity (Wildman–Crippen MR) is 242 cm³/mol. The van der Waals surface area contributed by atoms with Crippen molar-refractivity contribution in [2.75, 3.05) is 26.2 Å². The van der Waals surface area contributed by atoms with Gasteiger partial charge < -0.3 is 47.5 Å². The van der Waals surface area contributed by atoms with Crippen LogP contribution in [0, 0.1) is 5.92 Å². The van der Waals surface area contributed by atoms with E-state index in [-0.39, 0.29) is 48.2 Å². The molecule has 66 heavy (non-hydrogen) atoms. The fraction of sp³-hybridized carbons (Fsp3) is 0.419. The zero-order valence-electron chi connectivity index (χ0n) is 36.9. The zero-order chi connectivity index (χ0) is 48.8. The summed E-state index contributed by atoms with van der Waals surface area (Å²) in [6.07, 6.45) is 4.77. The third kappa shape index (κ3) is 18.3. The number of aliphatic imine (C=N–C) groups is 1. The summed E-state index contributed by atoms with van der Waals surface area (Å²) in [7, 11) is -4.47. The second kappa shape index (κ2) is 26.7. The highest BCUT2D eigenvalue weighted by molar-refractivity contribution is 7.86. The minimum Gasteiger partial charge on any atom is -0.494 e. The number of aliphatic carboxylic acids is 1. The first kappa shape index (κ1) is 53.4. The highest BCUT2D eigenvalue weighted by Gasteiger charge is 2.34. The van der Waals surface area contributed by atoms with E-state index in [0.29, 0.717) is 42.7 Å². The van der Waals surface area contributed by atoms with Gasteiger partial charge in [-0.3, -0.25) is 43.5 Å². The van der Waals surface area contributed by atoms with Gasteiger partial charge in [0.05, 0.1) is 25.8 Å². The molecule has 1 fully saturated rings. The van der Waals surface area contributed by atoms with Crippen molar-refractivity contribution >= 4 is 64.5 Å². The van der Waals surface area contributed by atoms with Gasteiger partial charge >= 0.3 is 5.97 Å². The summed E-state index contributed by atoms with van der Waals surface area (Å²) < 4.78 is 38.4. The summed E-state index contributed by atoms with van der Waals surface area (Å²) >= 11 is 0. The summed E-state index contributed by atoms with van der Waals surface area (Å²) in [6, 6.07) is 7.04. The molecule has 0 bridgehead atoms. The molecule has 358 valence electrons. The molecule has 2 aromatic carbocycles. The molecular weight excluding hydrogens is 881 g/mol. The Kier molecular flexibility index (Phi) is 21.6. The van der Waals surface area contributed by atoms with Crippen LogP contribution < -0.4 is 47.8 Å². The molecular formula is C43H58N10O12S. The molecule has 0 saturated carbocycles. The number of carbonyl (C=O) groups excluding carboxylic acids is 6. The molecule has 1 aliphatic heterocycles. The summed E-state index contributed by atoms with van der Waals surface area (Å²) in [5, 5.41) is 28.8. The Morgan fingerprint density at radius 2 is 1.59 bits per heavy atom. The van der Waals surface area contributed by atoms with Gasteiger partial charge in [0.1, 0.15) is 40.6 Å². The number of rotatable bonds is 21. The van der Waals surface area contributed by atoms with E-state index in [1.807, 2.05) is 0 Å². The van der Waals surface area contributed by atoms with Crippen LogP contribution in [-0.2, 0) is 50.1 Å². The van der Waals surface area contributed by atoms with Crippen molar-refractivity contribution in [3.8, 4) is 5.75 Å². The topological polar surface area (TPSA) is 338 Å². The lowest BCUT2D eigenvalue weighted by Gasteiger charge is -2.27. The van der Waals surface area contributed by atoms with E-state index in [1.54, 1.807) is 51.1 Å². The Labute approximate surface area is 382 Å². The normalized spacial score (nSPS) is 19.3. The number of hydrogen-bond donors (Lipinski definition) is 10. The van der Waals surface area contributed by atoms with Crippen LogP contribution in [0.3, 0.4) is 0 Å². The summed E-state index contributed by atoms with van der Waals surface area (Å²) in [6.45, 7) is 8.58. The van der Waals surface area contributed by atoms with Gasteiger partial charge in [-0.2, -0.15) is 13.5 Å². The number of hydrazone groups is 1. The third-order valence-electron chi connectivity index (χ3n) is 9.75. The lowest BCUT2D eigenvalue weighted by molar-refractivity contribution is -0.141. The number of ether oxygens (including phenoxy) is 1. The Hall–Kier alpha value is -6.98. The number of nitrogens with one attached hydrogen (secondary N) is 7. The molecule has 1 saturated heterocycles. The van der Waals surface area contributed by atoms with Crippen molar-refractivity contribution in [1.82, 2.24) is 37.3 Å². The minimum absolute atomic E-state index is 0.118. The molecule has 1 aliphatic rings. The maximum absolute atomic E-state index is 13.9. The van der Waals surface area contributed by atoms with Crippen LogP contribution in [0.25, 0.3) is 0 Å². The van der Waals surface area contributed by atoms with Gasteiger partial charge in [0, 0.05) is 24.1 Å². The van der Waals surface area contributed by atoms with Crippen molar-refractivity contribution in [3.05, 3.63) is 83.2 Å². The first-order valence-electron chi connectivity index (χ1n) is 20.9. The maximum atomic E-state index is 13.9. The molecule has 3 rings (SSSR count). The van der Waals surface area contributed by atoms with E-state index in [0.717, 1.165) is 0 Å². The molecule has 6 amide bonds.